The van der Waals surface area contributed by atoms with Crippen molar-refractivity contribution in [1.82, 2.24) is 19.3 Å². The monoisotopic (exact) mass is 449 g/mol. The summed E-state index contributed by atoms with van der Waals surface area (Å²) in [5.41, 5.74) is 2.98. The third kappa shape index (κ3) is 3.63. The second-order valence-corrected chi connectivity index (χ2v) is 6.99. The number of imidazole rings is 1. The van der Waals surface area contributed by atoms with E-state index in [1.165, 1.54) is 0 Å². The van der Waals surface area contributed by atoms with Crippen LogP contribution in [0.5, 0.6) is 0 Å². The van der Waals surface area contributed by atoms with Crippen LogP contribution in [0.3, 0.4) is 0 Å². The van der Waals surface area contributed by atoms with E-state index in [0.29, 0.717) is 0 Å². The molecule has 0 atom stereocenters. The summed E-state index contributed by atoms with van der Waals surface area (Å²) in [7, 11) is 0. The van der Waals surface area contributed by atoms with Crippen molar-refractivity contribution in [3.05, 3.63) is 46.4 Å². The lowest BCUT2D eigenvalue weighted by atomic mass is 10.2. The van der Waals surface area contributed by atoms with Crippen molar-refractivity contribution < 1.29 is 4.74 Å². The lowest BCUT2D eigenvalue weighted by molar-refractivity contribution is 0.0398. The molecule has 1 aliphatic heterocycles. The zero-order valence-electron chi connectivity index (χ0n) is 13.9. The molecule has 130 valence electrons. The van der Waals surface area contributed by atoms with Crippen LogP contribution in [-0.2, 0) is 4.74 Å². The molecule has 0 saturated carbocycles. The van der Waals surface area contributed by atoms with Crippen molar-refractivity contribution >= 4 is 34.1 Å². The molecule has 1 aromatic carbocycles. The van der Waals surface area contributed by atoms with E-state index in [2.05, 4.69) is 54.3 Å². The highest BCUT2D eigenvalue weighted by molar-refractivity contribution is 14.1. The van der Waals surface area contributed by atoms with Gasteiger partial charge in [-0.2, -0.15) is 0 Å². The van der Waals surface area contributed by atoms with Crippen molar-refractivity contribution in [2.24, 2.45) is 0 Å². The second-order valence-electron chi connectivity index (χ2n) is 5.97. The SMILES string of the molecule is Ic1c(-c2ccccc2)nc2c(NCCN3CCOCC3)nccn12. The predicted octanol–water partition coefficient (Wildman–Crippen LogP) is 2.75. The first kappa shape index (κ1) is 16.7. The van der Waals surface area contributed by atoms with Crippen molar-refractivity contribution in [3.8, 4) is 11.3 Å². The molecular formula is C18H20IN5O. The standard InChI is InChI=1S/C18H20IN5O/c19-16-15(14-4-2-1-3-5-14)22-18-17(21-7-9-24(16)18)20-6-8-23-10-12-25-13-11-23/h1-5,7,9H,6,8,10-13H2,(H,20,21). The second kappa shape index (κ2) is 7.67. The maximum atomic E-state index is 5.39. The van der Waals surface area contributed by atoms with E-state index in [-0.39, 0.29) is 0 Å². The van der Waals surface area contributed by atoms with Gasteiger partial charge in [-0.1, -0.05) is 30.3 Å². The fraction of sp³-hybridized carbons (Fsp3) is 0.333. The fourth-order valence-corrected chi connectivity index (χ4v) is 3.83. The number of ether oxygens (including phenoxy) is 1. The molecule has 2 aromatic heterocycles. The highest BCUT2D eigenvalue weighted by Gasteiger charge is 2.15. The number of hydrogen-bond acceptors (Lipinski definition) is 5. The van der Waals surface area contributed by atoms with Crippen LogP contribution in [0.25, 0.3) is 16.9 Å². The van der Waals surface area contributed by atoms with E-state index in [0.717, 1.165) is 65.8 Å². The van der Waals surface area contributed by atoms with Crippen LogP contribution in [0.15, 0.2) is 42.7 Å². The molecule has 3 aromatic rings. The molecule has 0 bridgehead atoms. The highest BCUT2D eigenvalue weighted by Crippen LogP contribution is 2.27. The van der Waals surface area contributed by atoms with Crippen LogP contribution >= 0.6 is 22.6 Å². The van der Waals surface area contributed by atoms with Crippen LogP contribution in [-0.4, -0.2) is 58.7 Å². The summed E-state index contributed by atoms with van der Waals surface area (Å²) >= 11 is 2.35. The summed E-state index contributed by atoms with van der Waals surface area (Å²) < 4.78 is 8.58. The van der Waals surface area contributed by atoms with Gasteiger partial charge in [-0.3, -0.25) is 9.30 Å². The maximum absolute atomic E-state index is 5.39. The van der Waals surface area contributed by atoms with Crippen molar-refractivity contribution in [3.63, 3.8) is 0 Å². The molecule has 0 amide bonds. The van der Waals surface area contributed by atoms with Gasteiger partial charge >= 0.3 is 0 Å². The number of aromatic nitrogens is 3. The zero-order valence-corrected chi connectivity index (χ0v) is 16.0. The van der Waals surface area contributed by atoms with E-state index in [4.69, 9.17) is 9.72 Å². The van der Waals surface area contributed by atoms with Crippen LogP contribution in [0, 0.1) is 3.70 Å². The minimum atomic E-state index is 0.826. The van der Waals surface area contributed by atoms with Crippen LogP contribution in [0.2, 0.25) is 0 Å². The molecule has 4 rings (SSSR count). The van der Waals surface area contributed by atoms with Gasteiger partial charge in [-0.05, 0) is 22.6 Å². The molecular weight excluding hydrogens is 429 g/mol. The van der Waals surface area contributed by atoms with Gasteiger partial charge in [0.25, 0.3) is 0 Å². The number of benzene rings is 1. The number of nitrogens with one attached hydrogen (secondary N) is 1. The van der Waals surface area contributed by atoms with Crippen LogP contribution in [0.1, 0.15) is 0 Å². The molecule has 0 spiro atoms. The first-order valence-electron chi connectivity index (χ1n) is 8.45. The van der Waals surface area contributed by atoms with Gasteiger partial charge in [-0.15, -0.1) is 0 Å². The first-order chi connectivity index (χ1) is 12.3. The van der Waals surface area contributed by atoms with Crippen LogP contribution < -0.4 is 5.32 Å². The Hall–Kier alpha value is -1.71. The summed E-state index contributed by atoms with van der Waals surface area (Å²) in [5, 5.41) is 3.45. The van der Waals surface area contributed by atoms with Gasteiger partial charge < -0.3 is 10.1 Å². The first-order valence-corrected chi connectivity index (χ1v) is 9.53. The Morgan fingerprint density at radius 1 is 1.16 bits per heavy atom. The lowest BCUT2D eigenvalue weighted by Crippen LogP contribution is -2.39. The summed E-state index contributed by atoms with van der Waals surface area (Å²) in [4.78, 5) is 11.7. The summed E-state index contributed by atoms with van der Waals surface area (Å²) in [6.45, 7) is 5.48. The fourth-order valence-electron chi connectivity index (χ4n) is 3.01. The lowest BCUT2D eigenvalue weighted by Gasteiger charge is -2.26. The molecule has 1 fully saturated rings. The van der Waals surface area contributed by atoms with E-state index in [1.807, 2.05) is 30.6 Å². The molecule has 3 heterocycles. The molecule has 7 heteroatoms. The van der Waals surface area contributed by atoms with Gasteiger partial charge in [0.1, 0.15) is 9.39 Å². The number of fused-ring (bicyclic) bond motifs is 1. The zero-order chi connectivity index (χ0) is 17.1. The smallest absolute Gasteiger partial charge is 0.181 e. The minimum Gasteiger partial charge on any atom is -0.379 e. The van der Waals surface area contributed by atoms with Crippen molar-refractivity contribution in [2.45, 2.75) is 0 Å². The van der Waals surface area contributed by atoms with Crippen molar-refractivity contribution in [2.75, 3.05) is 44.7 Å². The molecule has 0 unspecified atom stereocenters. The Bertz CT molecular complexity index is 845. The Kier molecular flexibility index (Phi) is 5.14. The summed E-state index contributed by atoms with van der Waals surface area (Å²) in [6, 6.07) is 10.3. The average molecular weight is 449 g/mol. The molecule has 1 N–H and O–H groups in total. The Morgan fingerprint density at radius 3 is 2.76 bits per heavy atom. The van der Waals surface area contributed by atoms with Gasteiger partial charge in [0.05, 0.1) is 13.2 Å². The number of halogens is 1. The van der Waals surface area contributed by atoms with E-state index in [1.54, 1.807) is 0 Å². The topological polar surface area (TPSA) is 54.7 Å². The normalized spacial score (nSPS) is 15.6. The van der Waals surface area contributed by atoms with E-state index >= 15 is 0 Å². The maximum Gasteiger partial charge on any atom is 0.181 e. The average Bonchev–Trinajstić information content (AvgIpc) is 3.01. The van der Waals surface area contributed by atoms with Crippen molar-refractivity contribution in [1.29, 1.82) is 0 Å². The molecule has 0 aliphatic carbocycles. The number of rotatable bonds is 5. The third-order valence-electron chi connectivity index (χ3n) is 4.36. The molecule has 0 radical (unpaired) electrons. The van der Waals surface area contributed by atoms with Gasteiger partial charge in [0, 0.05) is 44.1 Å². The van der Waals surface area contributed by atoms with E-state index < -0.39 is 0 Å². The third-order valence-corrected chi connectivity index (χ3v) is 5.39. The predicted molar refractivity (Wildman–Crippen MR) is 107 cm³/mol. The molecule has 25 heavy (non-hydrogen) atoms. The van der Waals surface area contributed by atoms with Gasteiger partial charge in [0.15, 0.2) is 11.5 Å². The number of hydrogen-bond donors (Lipinski definition) is 1. The molecule has 1 saturated heterocycles. The summed E-state index contributed by atoms with van der Waals surface area (Å²) in [5.74, 6) is 0.829. The minimum absolute atomic E-state index is 0.826. The summed E-state index contributed by atoms with van der Waals surface area (Å²) in [6.07, 6.45) is 3.78. The quantitative estimate of drug-likeness (QED) is 0.608. The largest absolute Gasteiger partial charge is 0.379 e. The Labute approximate surface area is 160 Å². The van der Waals surface area contributed by atoms with Crippen LogP contribution in [0.4, 0.5) is 5.82 Å². The Morgan fingerprint density at radius 2 is 1.96 bits per heavy atom. The van der Waals surface area contributed by atoms with Gasteiger partial charge in [-0.25, -0.2) is 9.97 Å². The number of morpholine rings is 1. The Balaban J connectivity index is 1.55. The van der Waals surface area contributed by atoms with E-state index in [9.17, 15) is 0 Å². The van der Waals surface area contributed by atoms with Gasteiger partial charge in [0.2, 0.25) is 0 Å². The number of nitrogens with zero attached hydrogens (tertiary/aromatic N) is 4. The number of anilines is 1. The molecule has 1 aliphatic rings. The molecule has 6 nitrogen and oxygen atoms in total. The highest BCUT2D eigenvalue weighted by atomic mass is 127.